The van der Waals surface area contributed by atoms with Crippen LogP contribution in [0.15, 0.2) is 52.4 Å². The molecule has 1 heterocycles. The van der Waals surface area contributed by atoms with Gasteiger partial charge >= 0.3 is 0 Å². The third kappa shape index (κ3) is 5.38. The van der Waals surface area contributed by atoms with Gasteiger partial charge in [-0.15, -0.1) is 0 Å². The van der Waals surface area contributed by atoms with E-state index in [1.54, 1.807) is 30.6 Å². The average molecular weight is 406 g/mol. The molecule has 0 N–H and O–H groups in total. The predicted octanol–water partition coefficient (Wildman–Crippen LogP) is 5.44. The quantitative estimate of drug-likeness (QED) is 0.602. The zero-order valence-electron chi connectivity index (χ0n) is 15.3. The van der Waals surface area contributed by atoms with Gasteiger partial charge in [0.25, 0.3) is 0 Å². The second kappa shape index (κ2) is 8.96. The highest BCUT2D eigenvalue weighted by Gasteiger charge is 2.30. The Morgan fingerprint density at radius 2 is 1.67 bits per heavy atom. The van der Waals surface area contributed by atoms with Crippen LogP contribution in [0.2, 0.25) is 10.0 Å². The zero-order chi connectivity index (χ0) is 19.4. The third-order valence-corrected chi connectivity index (χ3v) is 5.04. The van der Waals surface area contributed by atoms with Crippen molar-refractivity contribution in [2.45, 2.75) is 45.1 Å². The molecule has 1 aliphatic heterocycles. The van der Waals surface area contributed by atoms with Gasteiger partial charge in [0.2, 0.25) is 0 Å². The first kappa shape index (κ1) is 20.0. The third-order valence-electron chi connectivity index (χ3n) is 4.60. The van der Waals surface area contributed by atoms with Crippen molar-refractivity contribution in [2.75, 3.05) is 0 Å². The number of benzene rings is 2. The lowest BCUT2D eigenvalue weighted by Gasteiger charge is -2.36. The molecule has 2 aromatic carbocycles. The average Bonchev–Trinajstić information content (AvgIpc) is 3.11. The van der Waals surface area contributed by atoms with Gasteiger partial charge in [-0.2, -0.15) is 0 Å². The van der Waals surface area contributed by atoms with Crippen molar-refractivity contribution in [1.82, 2.24) is 4.90 Å². The van der Waals surface area contributed by atoms with E-state index in [0.29, 0.717) is 23.0 Å². The Morgan fingerprint density at radius 3 is 2.26 bits per heavy atom. The van der Waals surface area contributed by atoms with Gasteiger partial charge in [-0.25, -0.2) is 4.39 Å². The topological polar surface area (TPSA) is 28.0 Å². The summed E-state index contributed by atoms with van der Waals surface area (Å²) in [6, 6.07) is 12.5. The molecule has 1 atom stereocenters. The second-order valence-electron chi connectivity index (χ2n) is 6.96. The molecule has 1 unspecified atom stereocenters. The molecule has 0 aliphatic carbocycles. The van der Waals surface area contributed by atoms with Gasteiger partial charge in [0.05, 0.1) is 6.04 Å². The van der Waals surface area contributed by atoms with E-state index in [0.717, 1.165) is 11.1 Å². The smallest absolute Gasteiger partial charge is 0.155 e. The summed E-state index contributed by atoms with van der Waals surface area (Å²) in [7, 11) is 0. The lowest BCUT2D eigenvalue weighted by atomic mass is 10.00. The number of halogens is 3. The maximum Gasteiger partial charge on any atom is 0.155 e. The molecular formula is C21H22Cl2FN3. The summed E-state index contributed by atoms with van der Waals surface area (Å²) >= 11 is 12.4. The van der Waals surface area contributed by atoms with Crippen LogP contribution in [-0.4, -0.2) is 35.6 Å². The number of hydrogen-bond donors (Lipinski definition) is 0. The molecule has 0 amide bonds. The molecule has 3 nitrogen and oxygen atoms in total. The van der Waals surface area contributed by atoms with Crippen molar-refractivity contribution >= 4 is 35.6 Å². The van der Waals surface area contributed by atoms with Crippen LogP contribution in [-0.2, 0) is 13.0 Å². The fourth-order valence-corrected chi connectivity index (χ4v) is 3.95. The maximum absolute atomic E-state index is 13.7. The fraction of sp³-hybridized carbons (Fsp3) is 0.333. The van der Waals surface area contributed by atoms with E-state index in [-0.39, 0.29) is 24.1 Å². The standard InChI is InChI=1S/C21H22Cl2FN3/c1-14(2)27(13-15-4-3-5-19(24)10-15)20(21-25-6-7-26-21)11-16-8-17(22)12-18(23)9-16/h3-10,12,14,20-21H,11,13H2,1-2H3. The van der Waals surface area contributed by atoms with Crippen molar-refractivity contribution < 1.29 is 4.39 Å². The summed E-state index contributed by atoms with van der Waals surface area (Å²) in [6.45, 7) is 4.86. The second-order valence-corrected chi connectivity index (χ2v) is 7.83. The molecule has 6 heteroatoms. The van der Waals surface area contributed by atoms with Crippen LogP contribution in [0.25, 0.3) is 0 Å². The molecule has 3 rings (SSSR count). The molecule has 0 fully saturated rings. The molecule has 0 spiro atoms. The number of nitrogens with zero attached hydrogens (tertiary/aromatic N) is 3. The van der Waals surface area contributed by atoms with Crippen molar-refractivity contribution in [3.8, 4) is 0 Å². The van der Waals surface area contributed by atoms with Gasteiger partial charge in [0.15, 0.2) is 6.17 Å². The van der Waals surface area contributed by atoms with E-state index in [1.165, 1.54) is 6.07 Å². The molecule has 0 saturated carbocycles. The summed E-state index contributed by atoms with van der Waals surface area (Å²) in [6.07, 6.45) is 3.93. The summed E-state index contributed by atoms with van der Waals surface area (Å²) in [5.41, 5.74) is 1.95. The highest BCUT2D eigenvalue weighted by molar-refractivity contribution is 6.34. The van der Waals surface area contributed by atoms with Gasteiger partial charge in [-0.05, 0) is 61.7 Å². The van der Waals surface area contributed by atoms with Crippen LogP contribution < -0.4 is 0 Å². The van der Waals surface area contributed by atoms with Gasteiger partial charge in [0.1, 0.15) is 5.82 Å². The molecule has 0 bridgehead atoms. The lowest BCUT2D eigenvalue weighted by molar-refractivity contribution is 0.125. The van der Waals surface area contributed by atoms with Crippen LogP contribution in [0.1, 0.15) is 25.0 Å². The summed E-state index contributed by atoms with van der Waals surface area (Å²) < 4.78 is 13.7. The van der Waals surface area contributed by atoms with E-state index in [9.17, 15) is 4.39 Å². The fourth-order valence-electron chi connectivity index (χ4n) is 3.38. The SMILES string of the molecule is CC(C)N(Cc1cccc(F)c1)C(Cc1cc(Cl)cc(Cl)c1)C1N=CC=N1. The van der Waals surface area contributed by atoms with Crippen LogP contribution >= 0.6 is 23.2 Å². The molecule has 2 aromatic rings. The van der Waals surface area contributed by atoms with E-state index < -0.39 is 0 Å². The number of aliphatic imine (C=N–C) groups is 2. The van der Waals surface area contributed by atoms with Crippen LogP contribution in [0.3, 0.4) is 0 Å². The zero-order valence-corrected chi connectivity index (χ0v) is 16.8. The summed E-state index contributed by atoms with van der Waals surface area (Å²) in [5.74, 6) is -0.230. The van der Waals surface area contributed by atoms with Crippen LogP contribution in [0, 0.1) is 5.82 Å². The van der Waals surface area contributed by atoms with Crippen molar-refractivity contribution in [1.29, 1.82) is 0 Å². The first-order valence-corrected chi connectivity index (χ1v) is 9.68. The Bertz CT molecular complexity index is 819. The Kier molecular flexibility index (Phi) is 6.64. The minimum atomic E-state index is -0.230. The molecule has 142 valence electrons. The van der Waals surface area contributed by atoms with Crippen LogP contribution in [0.5, 0.6) is 0 Å². The molecule has 0 radical (unpaired) electrons. The Balaban J connectivity index is 1.91. The summed E-state index contributed by atoms with van der Waals surface area (Å²) in [4.78, 5) is 11.3. The van der Waals surface area contributed by atoms with Gasteiger partial charge in [-0.1, -0.05) is 35.3 Å². The monoisotopic (exact) mass is 405 g/mol. The molecule has 27 heavy (non-hydrogen) atoms. The highest BCUT2D eigenvalue weighted by Crippen LogP contribution is 2.25. The van der Waals surface area contributed by atoms with Crippen molar-refractivity contribution in [2.24, 2.45) is 9.98 Å². The number of rotatable bonds is 7. The first-order chi connectivity index (χ1) is 12.9. The van der Waals surface area contributed by atoms with Gasteiger partial charge in [-0.3, -0.25) is 14.9 Å². The molecule has 0 aromatic heterocycles. The predicted molar refractivity (Wildman–Crippen MR) is 112 cm³/mol. The Labute approximate surface area is 169 Å². The lowest BCUT2D eigenvalue weighted by Crippen LogP contribution is -2.46. The largest absolute Gasteiger partial charge is 0.289 e. The van der Waals surface area contributed by atoms with E-state index in [4.69, 9.17) is 23.2 Å². The first-order valence-electron chi connectivity index (χ1n) is 8.92. The Morgan fingerprint density at radius 1 is 1.00 bits per heavy atom. The number of hydrogen-bond acceptors (Lipinski definition) is 3. The molecule has 1 aliphatic rings. The van der Waals surface area contributed by atoms with E-state index >= 15 is 0 Å². The Hall–Kier alpha value is -1.75. The molecule has 0 saturated heterocycles. The van der Waals surface area contributed by atoms with Gasteiger partial charge in [0, 0.05) is 35.1 Å². The normalized spacial score (nSPS) is 15.2. The highest BCUT2D eigenvalue weighted by atomic mass is 35.5. The van der Waals surface area contributed by atoms with E-state index in [1.807, 2.05) is 18.2 Å². The van der Waals surface area contributed by atoms with Crippen LogP contribution in [0.4, 0.5) is 4.39 Å². The molecular weight excluding hydrogens is 384 g/mol. The minimum Gasteiger partial charge on any atom is -0.289 e. The van der Waals surface area contributed by atoms with Gasteiger partial charge < -0.3 is 0 Å². The minimum absolute atomic E-state index is 0.00204. The summed E-state index contributed by atoms with van der Waals surface area (Å²) in [5, 5.41) is 1.21. The van der Waals surface area contributed by atoms with E-state index in [2.05, 4.69) is 28.7 Å². The van der Waals surface area contributed by atoms with Crippen molar-refractivity contribution in [3.63, 3.8) is 0 Å². The van der Waals surface area contributed by atoms with Crippen molar-refractivity contribution in [3.05, 3.63) is 69.5 Å². The maximum atomic E-state index is 13.7.